The largest absolute Gasteiger partial charge is 0.378 e. The Morgan fingerprint density at radius 3 is 2.86 bits per heavy atom. The molecule has 0 radical (unpaired) electrons. The van der Waals surface area contributed by atoms with E-state index in [4.69, 9.17) is 4.74 Å². The highest BCUT2D eigenvalue weighted by Crippen LogP contribution is 2.28. The zero-order chi connectivity index (χ0) is 20.4. The van der Waals surface area contributed by atoms with Gasteiger partial charge in [-0.1, -0.05) is 23.9 Å². The molecule has 152 valence electrons. The normalized spacial score (nSPS) is 14.3. The number of aromatic nitrogens is 2. The summed E-state index contributed by atoms with van der Waals surface area (Å²) in [6.07, 6.45) is 0. The SMILES string of the molecule is Cc1sc2nc(SCC(=O)Nc3ccccc3N3CCOCC3)[nH]c(=O)c2c1C. The van der Waals surface area contributed by atoms with E-state index in [1.54, 1.807) is 0 Å². The molecule has 0 saturated carbocycles. The van der Waals surface area contributed by atoms with Gasteiger partial charge in [0, 0.05) is 18.0 Å². The van der Waals surface area contributed by atoms with Crippen LogP contribution < -0.4 is 15.8 Å². The topological polar surface area (TPSA) is 87.3 Å². The number of H-pyrrole nitrogens is 1. The number of fused-ring (bicyclic) bond motifs is 1. The molecular formula is C20H22N4O3S2. The van der Waals surface area contributed by atoms with Crippen molar-refractivity contribution in [2.45, 2.75) is 19.0 Å². The van der Waals surface area contributed by atoms with Gasteiger partial charge in [-0.3, -0.25) is 9.59 Å². The van der Waals surface area contributed by atoms with Crippen molar-refractivity contribution < 1.29 is 9.53 Å². The maximum Gasteiger partial charge on any atom is 0.260 e. The van der Waals surface area contributed by atoms with E-state index < -0.39 is 0 Å². The van der Waals surface area contributed by atoms with Gasteiger partial charge in [0.2, 0.25) is 5.91 Å². The number of ether oxygens (including phenoxy) is 1. The molecule has 29 heavy (non-hydrogen) atoms. The first kappa shape index (κ1) is 19.9. The number of carbonyl (C=O) groups is 1. The molecule has 9 heteroatoms. The van der Waals surface area contributed by atoms with Crippen molar-refractivity contribution in [3.8, 4) is 0 Å². The van der Waals surface area contributed by atoms with Crippen molar-refractivity contribution in [2.24, 2.45) is 0 Å². The fraction of sp³-hybridized carbons (Fsp3) is 0.350. The second kappa shape index (κ2) is 8.56. The Labute approximate surface area is 176 Å². The van der Waals surface area contributed by atoms with Gasteiger partial charge < -0.3 is 19.9 Å². The Bertz CT molecular complexity index is 1100. The fourth-order valence-corrected chi connectivity index (χ4v) is 5.03. The van der Waals surface area contributed by atoms with Gasteiger partial charge in [-0.05, 0) is 31.5 Å². The summed E-state index contributed by atoms with van der Waals surface area (Å²) in [5.74, 6) is 0.0203. The second-order valence-corrected chi connectivity index (χ2v) is 8.96. The zero-order valence-corrected chi connectivity index (χ0v) is 17.9. The van der Waals surface area contributed by atoms with Crippen molar-refractivity contribution in [1.82, 2.24) is 9.97 Å². The molecule has 3 heterocycles. The van der Waals surface area contributed by atoms with Crippen LogP contribution in [0.5, 0.6) is 0 Å². The van der Waals surface area contributed by atoms with Gasteiger partial charge in [0.1, 0.15) is 4.83 Å². The predicted molar refractivity (Wildman–Crippen MR) is 119 cm³/mol. The number of para-hydroxylation sites is 2. The monoisotopic (exact) mass is 430 g/mol. The van der Waals surface area contributed by atoms with E-state index in [0.717, 1.165) is 34.9 Å². The first-order chi connectivity index (χ1) is 14.0. The highest BCUT2D eigenvalue weighted by Gasteiger charge is 2.17. The first-order valence-electron chi connectivity index (χ1n) is 9.37. The van der Waals surface area contributed by atoms with Crippen LogP contribution in [-0.2, 0) is 9.53 Å². The number of carbonyl (C=O) groups excluding carboxylic acids is 1. The fourth-order valence-electron chi connectivity index (χ4n) is 3.28. The smallest absolute Gasteiger partial charge is 0.260 e. The Hall–Kier alpha value is -2.36. The summed E-state index contributed by atoms with van der Waals surface area (Å²) in [5, 5.41) is 4.08. The molecule has 3 aromatic rings. The summed E-state index contributed by atoms with van der Waals surface area (Å²) in [4.78, 5) is 36.2. The third-order valence-corrected chi connectivity index (χ3v) is 6.86. The summed E-state index contributed by atoms with van der Waals surface area (Å²) in [6.45, 7) is 6.87. The molecule has 1 aromatic carbocycles. The summed E-state index contributed by atoms with van der Waals surface area (Å²) >= 11 is 2.73. The molecule has 7 nitrogen and oxygen atoms in total. The molecule has 1 aliphatic heterocycles. The molecule has 4 rings (SSSR count). The van der Waals surface area contributed by atoms with Crippen molar-refractivity contribution in [3.63, 3.8) is 0 Å². The van der Waals surface area contributed by atoms with Crippen LogP contribution in [0.4, 0.5) is 11.4 Å². The summed E-state index contributed by atoms with van der Waals surface area (Å²) in [6, 6.07) is 7.77. The van der Waals surface area contributed by atoms with Gasteiger partial charge in [0.05, 0.1) is 35.7 Å². The predicted octanol–water partition coefficient (Wildman–Crippen LogP) is 3.17. The average Bonchev–Trinajstić information content (AvgIpc) is 3.01. The molecule has 1 amide bonds. The number of amides is 1. The first-order valence-corrected chi connectivity index (χ1v) is 11.2. The number of benzene rings is 1. The number of aromatic amines is 1. The molecule has 0 bridgehead atoms. The number of thioether (sulfide) groups is 1. The van der Waals surface area contributed by atoms with E-state index in [0.29, 0.717) is 28.6 Å². The van der Waals surface area contributed by atoms with Crippen LogP contribution in [0.15, 0.2) is 34.2 Å². The number of hydrogen-bond donors (Lipinski definition) is 2. The molecular weight excluding hydrogens is 408 g/mol. The second-order valence-electron chi connectivity index (χ2n) is 6.79. The number of morpholine rings is 1. The average molecular weight is 431 g/mol. The Morgan fingerprint density at radius 2 is 2.07 bits per heavy atom. The van der Waals surface area contributed by atoms with E-state index >= 15 is 0 Å². The van der Waals surface area contributed by atoms with Crippen molar-refractivity contribution in [3.05, 3.63) is 45.1 Å². The van der Waals surface area contributed by atoms with Gasteiger partial charge in [0.25, 0.3) is 5.56 Å². The van der Waals surface area contributed by atoms with Crippen LogP contribution in [0.2, 0.25) is 0 Å². The van der Waals surface area contributed by atoms with E-state index in [1.165, 1.54) is 23.1 Å². The quantitative estimate of drug-likeness (QED) is 0.478. The molecule has 1 saturated heterocycles. The molecule has 0 atom stereocenters. The van der Waals surface area contributed by atoms with Crippen LogP contribution in [-0.4, -0.2) is 47.9 Å². The van der Waals surface area contributed by atoms with E-state index in [1.807, 2.05) is 38.1 Å². The standard InChI is InChI=1S/C20H22N4O3S2/c1-12-13(2)29-19-17(12)18(26)22-20(23-19)28-11-16(25)21-14-5-3-4-6-15(14)24-7-9-27-10-8-24/h3-6H,7-11H2,1-2H3,(H,21,25)(H,22,23,26). The van der Waals surface area contributed by atoms with Gasteiger partial charge in [0.15, 0.2) is 5.16 Å². The van der Waals surface area contributed by atoms with Crippen LogP contribution >= 0.6 is 23.1 Å². The number of anilines is 2. The van der Waals surface area contributed by atoms with Gasteiger partial charge in [-0.15, -0.1) is 11.3 Å². The lowest BCUT2D eigenvalue weighted by atomic mass is 10.2. The van der Waals surface area contributed by atoms with Crippen LogP contribution in [0.1, 0.15) is 10.4 Å². The lowest BCUT2D eigenvalue weighted by molar-refractivity contribution is -0.113. The minimum absolute atomic E-state index is 0.142. The van der Waals surface area contributed by atoms with Crippen LogP contribution in [0.25, 0.3) is 10.2 Å². The molecule has 1 fully saturated rings. The maximum atomic E-state index is 12.5. The van der Waals surface area contributed by atoms with E-state index in [9.17, 15) is 9.59 Å². The number of thiophene rings is 1. The Morgan fingerprint density at radius 1 is 1.31 bits per heavy atom. The summed E-state index contributed by atoms with van der Waals surface area (Å²) in [5.41, 5.74) is 2.58. The number of nitrogens with zero attached hydrogens (tertiary/aromatic N) is 2. The summed E-state index contributed by atoms with van der Waals surface area (Å²) in [7, 11) is 0. The molecule has 0 unspecified atom stereocenters. The van der Waals surface area contributed by atoms with Crippen molar-refractivity contribution >= 4 is 50.6 Å². The molecule has 2 aromatic heterocycles. The zero-order valence-electron chi connectivity index (χ0n) is 16.3. The number of aryl methyl sites for hydroxylation is 2. The Balaban J connectivity index is 1.45. The van der Waals surface area contributed by atoms with Crippen LogP contribution in [0.3, 0.4) is 0 Å². The van der Waals surface area contributed by atoms with Crippen LogP contribution in [0, 0.1) is 13.8 Å². The van der Waals surface area contributed by atoms with E-state index in [-0.39, 0.29) is 17.2 Å². The summed E-state index contributed by atoms with van der Waals surface area (Å²) < 4.78 is 5.41. The minimum atomic E-state index is -0.155. The highest BCUT2D eigenvalue weighted by molar-refractivity contribution is 7.99. The third-order valence-electron chi connectivity index (χ3n) is 4.89. The highest BCUT2D eigenvalue weighted by atomic mass is 32.2. The molecule has 2 N–H and O–H groups in total. The lowest BCUT2D eigenvalue weighted by Gasteiger charge is -2.30. The van der Waals surface area contributed by atoms with Gasteiger partial charge >= 0.3 is 0 Å². The lowest BCUT2D eigenvalue weighted by Crippen LogP contribution is -2.36. The van der Waals surface area contributed by atoms with Gasteiger partial charge in [-0.25, -0.2) is 4.98 Å². The Kier molecular flexibility index (Phi) is 5.89. The number of hydrogen-bond acceptors (Lipinski definition) is 7. The van der Waals surface area contributed by atoms with Crippen molar-refractivity contribution in [1.29, 1.82) is 0 Å². The third kappa shape index (κ3) is 4.31. The number of nitrogens with one attached hydrogen (secondary N) is 2. The van der Waals surface area contributed by atoms with Crippen molar-refractivity contribution in [2.75, 3.05) is 42.3 Å². The number of rotatable bonds is 5. The molecule has 1 aliphatic rings. The minimum Gasteiger partial charge on any atom is -0.378 e. The maximum absolute atomic E-state index is 12.5. The molecule has 0 spiro atoms. The van der Waals surface area contributed by atoms with E-state index in [2.05, 4.69) is 20.2 Å². The van der Waals surface area contributed by atoms with Gasteiger partial charge in [-0.2, -0.15) is 0 Å². The molecule has 0 aliphatic carbocycles.